The van der Waals surface area contributed by atoms with Crippen LogP contribution in [0.15, 0.2) is 18.2 Å². The maximum absolute atomic E-state index is 10.8. The van der Waals surface area contributed by atoms with Gasteiger partial charge in [0.15, 0.2) is 0 Å². The van der Waals surface area contributed by atoms with Crippen LogP contribution in [0.2, 0.25) is 0 Å². The quantitative estimate of drug-likeness (QED) is 0.700. The van der Waals surface area contributed by atoms with Gasteiger partial charge in [0.25, 0.3) is 0 Å². The standard InChI is InChI=1S/C13H18N2O2/c1-13(5-2-6-13)8-15-9-3-4-10(12(16)17)11(14)7-9/h3-4,7,15H,2,5-6,8,14H2,1H3,(H,16,17). The number of nitrogens with two attached hydrogens (primary N) is 1. The molecule has 0 unspecified atom stereocenters. The van der Waals surface area contributed by atoms with E-state index in [1.807, 2.05) is 0 Å². The van der Waals surface area contributed by atoms with E-state index in [2.05, 4.69) is 12.2 Å². The van der Waals surface area contributed by atoms with E-state index in [9.17, 15) is 4.79 Å². The number of benzene rings is 1. The van der Waals surface area contributed by atoms with E-state index in [1.165, 1.54) is 19.3 Å². The number of carboxylic acid groups (broad SMARTS) is 1. The number of hydrogen-bond acceptors (Lipinski definition) is 3. The summed E-state index contributed by atoms with van der Waals surface area (Å²) in [7, 11) is 0. The number of carbonyl (C=O) groups is 1. The minimum absolute atomic E-state index is 0.158. The van der Waals surface area contributed by atoms with Crippen molar-refractivity contribution in [3.63, 3.8) is 0 Å². The van der Waals surface area contributed by atoms with E-state index < -0.39 is 5.97 Å². The Balaban J connectivity index is 2.02. The van der Waals surface area contributed by atoms with E-state index in [0.717, 1.165) is 12.2 Å². The smallest absolute Gasteiger partial charge is 0.337 e. The fourth-order valence-corrected chi connectivity index (χ4v) is 2.14. The molecule has 1 aromatic rings. The first-order valence-corrected chi connectivity index (χ1v) is 5.87. The van der Waals surface area contributed by atoms with Crippen LogP contribution in [-0.2, 0) is 0 Å². The zero-order valence-corrected chi connectivity index (χ0v) is 9.99. The second kappa shape index (κ2) is 4.28. The average Bonchev–Trinajstić information content (AvgIpc) is 2.23. The highest BCUT2D eigenvalue weighted by atomic mass is 16.4. The van der Waals surface area contributed by atoms with Gasteiger partial charge in [0.1, 0.15) is 0 Å². The van der Waals surface area contributed by atoms with Crippen LogP contribution in [0.5, 0.6) is 0 Å². The highest BCUT2D eigenvalue weighted by molar-refractivity contribution is 5.94. The van der Waals surface area contributed by atoms with Gasteiger partial charge in [-0.15, -0.1) is 0 Å². The normalized spacial score (nSPS) is 17.2. The first kappa shape index (κ1) is 11.8. The number of anilines is 2. The summed E-state index contributed by atoms with van der Waals surface area (Å²) in [6.45, 7) is 3.18. The molecular weight excluding hydrogens is 216 g/mol. The predicted octanol–water partition coefficient (Wildman–Crippen LogP) is 2.57. The molecule has 1 aliphatic carbocycles. The van der Waals surface area contributed by atoms with Crippen molar-refractivity contribution >= 4 is 17.3 Å². The summed E-state index contributed by atoms with van der Waals surface area (Å²) in [5.41, 5.74) is 7.43. The molecule has 0 aromatic heterocycles. The molecule has 0 heterocycles. The Bertz CT molecular complexity index is 439. The molecule has 92 valence electrons. The van der Waals surface area contributed by atoms with Crippen molar-refractivity contribution in [1.29, 1.82) is 0 Å². The van der Waals surface area contributed by atoms with E-state index in [0.29, 0.717) is 11.1 Å². The Morgan fingerprint density at radius 3 is 2.71 bits per heavy atom. The maximum Gasteiger partial charge on any atom is 0.337 e. The van der Waals surface area contributed by atoms with Gasteiger partial charge in [0.2, 0.25) is 0 Å². The van der Waals surface area contributed by atoms with Crippen LogP contribution < -0.4 is 11.1 Å². The van der Waals surface area contributed by atoms with Gasteiger partial charge in [0, 0.05) is 17.9 Å². The molecule has 2 rings (SSSR count). The lowest BCUT2D eigenvalue weighted by Gasteiger charge is -2.38. The third-order valence-electron chi connectivity index (χ3n) is 3.56. The van der Waals surface area contributed by atoms with Crippen LogP contribution in [-0.4, -0.2) is 17.6 Å². The van der Waals surface area contributed by atoms with Crippen molar-refractivity contribution in [2.24, 2.45) is 5.41 Å². The third kappa shape index (κ3) is 2.52. The summed E-state index contributed by atoms with van der Waals surface area (Å²) in [6, 6.07) is 5.00. The van der Waals surface area contributed by atoms with E-state index >= 15 is 0 Å². The van der Waals surface area contributed by atoms with Crippen LogP contribution in [0.25, 0.3) is 0 Å². The van der Waals surface area contributed by atoms with Crippen molar-refractivity contribution < 1.29 is 9.90 Å². The Kier molecular flexibility index (Phi) is 2.96. The summed E-state index contributed by atoms with van der Waals surface area (Å²) >= 11 is 0. The van der Waals surface area contributed by atoms with Crippen molar-refractivity contribution in [1.82, 2.24) is 0 Å². The largest absolute Gasteiger partial charge is 0.478 e. The molecule has 1 aliphatic rings. The fourth-order valence-electron chi connectivity index (χ4n) is 2.14. The molecule has 17 heavy (non-hydrogen) atoms. The number of nitrogens with one attached hydrogen (secondary N) is 1. The Hall–Kier alpha value is -1.71. The molecule has 1 fully saturated rings. The van der Waals surface area contributed by atoms with Crippen molar-refractivity contribution in [2.75, 3.05) is 17.6 Å². The molecular formula is C13H18N2O2. The van der Waals surface area contributed by atoms with Gasteiger partial charge in [-0.3, -0.25) is 0 Å². The first-order valence-electron chi connectivity index (χ1n) is 5.87. The number of aromatic carboxylic acids is 1. The molecule has 4 nitrogen and oxygen atoms in total. The Morgan fingerprint density at radius 2 is 2.24 bits per heavy atom. The monoisotopic (exact) mass is 234 g/mol. The van der Waals surface area contributed by atoms with Gasteiger partial charge in [-0.2, -0.15) is 0 Å². The number of hydrogen-bond donors (Lipinski definition) is 3. The van der Waals surface area contributed by atoms with Gasteiger partial charge in [-0.1, -0.05) is 13.3 Å². The number of carboxylic acids is 1. The molecule has 0 aliphatic heterocycles. The van der Waals surface area contributed by atoms with Crippen molar-refractivity contribution in [3.8, 4) is 0 Å². The van der Waals surface area contributed by atoms with E-state index in [-0.39, 0.29) is 5.56 Å². The van der Waals surface area contributed by atoms with Crippen LogP contribution in [0.3, 0.4) is 0 Å². The zero-order valence-electron chi connectivity index (χ0n) is 9.99. The fraction of sp³-hybridized carbons (Fsp3) is 0.462. The molecule has 0 radical (unpaired) electrons. The zero-order chi connectivity index (χ0) is 12.5. The van der Waals surface area contributed by atoms with Gasteiger partial charge in [-0.05, 0) is 36.5 Å². The van der Waals surface area contributed by atoms with Crippen LogP contribution in [0, 0.1) is 5.41 Å². The van der Waals surface area contributed by atoms with E-state index in [1.54, 1.807) is 18.2 Å². The maximum atomic E-state index is 10.8. The van der Waals surface area contributed by atoms with Crippen molar-refractivity contribution in [2.45, 2.75) is 26.2 Å². The molecule has 0 atom stereocenters. The van der Waals surface area contributed by atoms with Crippen LogP contribution in [0.4, 0.5) is 11.4 Å². The highest BCUT2D eigenvalue weighted by Crippen LogP contribution is 2.40. The second-order valence-corrected chi connectivity index (χ2v) is 5.12. The number of rotatable bonds is 4. The number of nitrogen functional groups attached to an aromatic ring is 1. The highest BCUT2D eigenvalue weighted by Gasteiger charge is 2.31. The first-order chi connectivity index (χ1) is 8.00. The van der Waals surface area contributed by atoms with Gasteiger partial charge >= 0.3 is 5.97 Å². The molecule has 0 saturated heterocycles. The second-order valence-electron chi connectivity index (χ2n) is 5.12. The predicted molar refractivity (Wildman–Crippen MR) is 68.3 cm³/mol. The van der Waals surface area contributed by atoms with Gasteiger partial charge in [-0.25, -0.2) is 4.79 Å². The lowest BCUT2D eigenvalue weighted by atomic mass is 9.70. The summed E-state index contributed by atoms with van der Waals surface area (Å²) in [5.74, 6) is -0.986. The minimum atomic E-state index is -0.986. The molecule has 1 saturated carbocycles. The summed E-state index contributed by atoms with van der Waals surface area (Å²) in [6.07, 6.45) is 3.81. The van der Waals surface area contributed by atoms with E-state index in [4.69, 9.17) is 10.8 Å². The summed E-state index contributed by atoms with van der Waals surface area (Å²) in [4.78, 5) is 10.8. The topological polar surface area (TPSA) is 75.3 Å². The SMILES string of the molecule is CC1(CNc2ccc(C(=O)O)c(N)c2)CCC1. The minimum Gasteiger partial charge on any atom is -0.478 e. The van der Waals surface area contributed by atoms with Gasteiger partial charge in [0.05, 0.1) is 5.56 Å². The Morgan fingerprint density at radius 1 is 1.53 bits per heavy atom. The lowest BCUT2D eigenvalue weighted by Crippen LogP contribution is -2.33. The molecule has 0 amide bonds. The molecule has 0 spiro atoms. The van der Waals surface area contributed by atoms with Crippen LogP contribution in [0.1, 0.15) is 36.5 Å². The van der Waals surface area contributed by atoms with Crippen molar-refractivity contribution in [3.05, 3.63) is 23.8 Å². The molecule has 4 heteroatoms. The molecule has 1 aromatic carbocycles. The summed E-state index contributed by atoms with van der Waals surface area (Å²) in [5, 5.41) is 12.2. The molecule has 0 bridgehead atoms. The Labute approximate surface area is 101 Å². The van der Waals surface area contributed by atoms with Gasteiger partial charge < -0.3 is 16.2 Å². The lowest BCUT2D eigenvalue weighted by molar-refractivity contribution is 0.0698. The summed E-state index contributed by atoms with van der Waals surface area (Å²) < 4.78 is 0. The average molecular weight is 234 g/mol. The van der Waals surface area contributed by atoms with Crippen LogP contribution >= 0.6 is 0 Å². The molecule has 4 N–H and O–H groups in total. The third-order valence-corrected chi connectivity index (χ3v) is 3.56.